The van der Waals surface area contributed by atoms with Crippen molar-refractivity contribution in [1.29, 1.82) is 0 Å². The van der Waals surface area contributed by atoms with Crippen LogP contribution in [0.3, 0.4) is 0 Å². The molecule has 174 valence electrons. The smallest absolute Gasteiger partial charge is 0.144 e. The molecule has 10 heteroatoms. The molecule has 0 aliphatic carbocycles. The Hall–Kier alpha value is -2.43. The second kappa shape index (κ2) is 9.07. The highest BCUT2D eigenvalue weighted by Gasteiger charge is 2.27. The minimum absolute atomic E-state index is 0.0605. The molecule has 1 N–H and O–H groups in total. The molecule has 0 spiro atoms. The number of ether oxygens (including phenoxy) is 1. The molecule has 0 fully saturated rings. The number of halogens is 4. The molecule has 0 radical (unpaired) electrons. The number of anilines is 1. The molecule has 0 saturated carbocycles. The summed E-state index contributed by atoms with van der Waals surface area (Å²) in [7, 11) is -1.24. The highest BCUT2D eigenvalue weighted by Crippen LogP contribution is 2.42. The lowest BCUT2D eigenvalue weighted by Crippen LogP contribution is -2.22. The van der Waals surface area contributed by atoms with E-state index in [9.17, 15) is 13.2 Å². The van der Waals surface area contributed by atoms with E-state index in [0.29, 0.717) is 41.5 Å². The van der Waals surface area contributed by atoms with Crippen LogP contribution in [0.2, 0.25) is 25.7 Å². The van der Waals surface area contributed by atoms with Crippen molar-refractivity contribution in [3.05, 3.63) is 63.5 Å². The Balaban J connectivity index is 1.82. The minimum Gasteiger partial charge on any atom is -0.360 e. The SMILES string of the molecule is Cc1nn(COCC[Si](C)(C)C)c2c1N=C(c1c(F)cc(F)cc1F)Nc1ccc(Br)cc1-2. The Labute approximate surface area is 199 Å². The molecule has 1 aromatic heterocycles. The van der Waals surface area contributed by atoms with Crippen molar-refractivity contribution >= 4 is 41.2 Å². The zero-order chi connectivity index (χ0) is 23.9. The predicted octanol–water partition coefficient (Wildman–Crippen LogP) is 6.85. The van der Waals surface area contributed by atoms with E-state index >= 15 is 0 Å². The summed E-state index contributed by atoms with van der Waals surface area (Å²) >= 11 is 3.49. The number of fused-ring (bicyclic) bond motifs is 3. The Kier molecular flexibility index (Phi) is 6.52. The second-order valence-corrected chi connectivity index (χ2v) is 15.7. The normalized spacial score (nSPS) is 13.2. The molecule has 2 heterocycles. The van der Waals surface area contributed by atoms with E-state index in [4.69, 9.17) is 4.74 Å². The fraction of sp³-hybridized carbons (Fsp3) is 0.304. The van der Waals surface area contributed by atoms with Crippen molar-refractivity contribution in [3.63, 3.8) is 0 Å². The number of aliphatic imine (C=N–C) groups is 1. The summed E-state index contributed by atoms with van der Waals surface area (Å²) in [6, 6.07) is 7.77. The van der Waals surface area contributed by atoms with Gasteiger partial charge in [0.15, 0.2) is 0 Å². The van der Waals surface area contributed by atoms with E-state index in [1.165, 1.54) is 0 Å². The summed E-state index contributed by atoms with van der Waals surface area (Å²) in [6.45, 7) is 9.46. The molecule has 2 aromatic carbocycles. The minimum atomic E-state index is -1.24. The number of nitrogens with one attached hydrogen (secondary N) is 1. The Morgan fingerprint density at radius 2 is 1.79 bits per heavy atom. The zero-order valence-corrected chi connectivity index (χ0v) is 21.4. The third kappa shape index (κ3) is 5.07. The summed E-state index contributed by atoms with van der Waals surface area (Å²) in [4.78, 5) is 4.55. The largest absolute Gasteiger partial charge is 0.360 e. The second-order valence-electron chi connectivity index (χ2n) is 9.15. The number of aromatic nitrogens is 2. The number of hydrogen-bond acceptors (Lipinski definition) is 4. The highest BCUT2D eigenvalue weighted by atomic mass is 79.9. The van der Waals surface area contributed by atoms with Crippen LogP contribution in [0.25, 0.3) is 11.3 Å². The number of benzene rings is 2. The van der Waals surface area contributed by atoms with Crippen molar-refractivity contribution in [2.24, 2.45) is 4.99 Å². The van der Waals surface area contributed by atoms with E-state index in [0.717, 1.165) is 16.1 Å². The Morgan fingerprint density at radius 3 is 2.45 bits per heavy atom. The maximum absolute atomic E-state index is 14.6. The molecule has 1 aliphatic rings. The summed E-state index contributed by atoms with van der Waals surface area (Å²) in [5.41, 5.74) is 2.61. The lowest BCUT2D eigenvalue weighted by Gasteiger charge is -2.16. The fourth-order valence-electron chi connectivity index (χ4n) is 3.57. The van der Waals surface area contributed by atoms with Crippen LogP contribution in [0.15, 0.2) is 39.8 Å². The van der Waals surface area contributed by atoms with Gasteiger partial charge in [-0.05, 0) is 31.2 Å². The quantitative estimate of drug-likeness (QED) is 0.276. The van der Waals surface area contributed by atoms with Crippen LogP contribution >= 0.6 is 15.9 Å². The van der Waals surface area contributed by atoms with E-state index in [-0.39, 0.29) is 12.6 Å². The molecular formula is C23H24BrF3N4OSi. The number of rotatable bonds is 6. The molecule has 0 unspecified atom stereocenters. The van der Waals surface area contributed by atoms with Crippen LogP contribution in [0, 0.1) is 24.4 Å². The van der Waals surface area contributed by atoms with Crippen LogP contribution in [0.4, 0.5) is 24.5 Å². The van der Waals surface area contributed by atoms with Gasteiger partial charge >= 0.3 is 0 Å². The standard InChI is InChI=1S/C23H24BrF3N4OSi/c1-13-21-22(31(30-13)12-32-7-8-33(2,3)4)16-9-14(24)5-6-19(16)28-23(29-21)20-17(26)10-15(25)11-18(20)27/h5-6,9-11H,7-8,12H2,1-4H3,(H,28,29). The van der Waals surface area contributed by atoms with Crippen LogP contribution in [-0.2, 0) is 11.5 Å². The first kappa shape index (κ1) is 23.7. The van der Waals surface area contributed by atoms with Gasteiger partial charge in [0.25, 0.3) is 0 Å². The Bertz CT molecular complexity index is 1230. The summed E-state index contributed by atoms with van der Waals surface area (Å²) in [6.07, 6.45) is 0. The van der Waals surface area contributed by atoms with Gasteiger partial charge in [0.1, 0.15) is 35.7 Å². The van der Waals surface area contributed by atoms with Crippen LogP contribution in [-0.4, -0.2) is 30.3 Å². The van der Waals surface area contributed by atoms with Crippen molar-refractivity contribution in [1.82, 2.24) is 9.78 Å². The van der Waals surface area contributed by atoms with Gasteiger partial charge in [-0.3, -0.25) is 0 Å². The maximum Gasteiger partial charge on any atom is 0.144 e. The van der Waals surface area contributed by atoms with Gasteiger partial charge in [0, 0.05) is 42.5 Å². The first-order valence-electron chi connectivity index (χ1n) is 10.5. The summed E-state index contributed by atoms with van der Waals surface area (Å²) < 4.78 is 51.2. The first-order valence-corrected chi connectivity index (χ1v) is 15.0. The molecular weight excluding hydrogens is 513 g/mol. The third-order valence-electron chi connectivity index (χ3n) is 5.26. The van der Waals surface area contributed by atoms with Crippen LogP contribution < -0.4 is 5.32 Å². The van der Waals surface area contributed by atoms with Gasteiger partial charge in [-0.15, -0.1) is 0 Å². The van der Waals surface area contributed by atoms with Gasteiger partial charge in [-0.2, -0.15) is 5.10 Å². The first-order chi connectivity index (χ1) is 15.5. The number of nitrogens with zero attached hydrogens (tertiary/aromatic N) is 3. The van der Waals surface area contributed by atoms with E-state index in [1.807, 2.05) is 12.1 Å². The van der Waals surface area contributed by atoms with E-state index < -0.39 is 31.1 Å². The van der Waals surface area contributed by atoms with Gasteiger partial charge in [-0.1, -0.05) is 35.6 Å². The van der Waals surface area contributed by atoms with Crippen LogP contribution in [0.5, 0.6) is 0 Å². The molecule has 4 rings (SSSR count). The predicted molar refractivity (Wildman–Crippen MR) is 130 cm³/mol. The average molecular weight is 537 g/mol. The van der Waals surface area contributed by atoms with Crippen molar-refractivity contribution in [2.45, 2.75) is 39.3 Å². The maximum atomic E-state index is 14.6. The zero-order valence-electron chi connectivity index (χ0n) is 18.8. The molecule has 0 saturated heterocycles. The Morgan fingerprint density at radius 1 is 1.09 bits per heavy atom. The van der Waals surface area contributed by atoms with Gasteiger partial charge in [0.2, 0.25) is 0 Å². The van der Waals surface area contributed by atoms with Gasteiger partial charge in [-0.25, -0.2) is 22.8 Å². The molecule has 0 atom stereocenters. The van der Waals surface area contributed by atoms with Crippen molar-refractivity contribution in [3.8, 4) is 11.3 Å². The molecule has 1 aliphatic heterocycles. The van der Waals surface area contributed by atoms with Gasteiger partial charge in [0.05, 0.1) is 17.0 Å². The number of aryl methyl sites for hydroxylation is 1. The summed E-state index contributed by atoms with van der Waals surface area (Å²) in [5.74, 6) is -3.14. The molecule has 3 aromatic rings. The average Bonchev–Trinajstić information content (AvgIpc) is 2.89. The molecule has 33 heavy (non-hydrogen) atoms. The monoisotopic (exact) mass is 536 g/mol. The van der Waals surface area contributed by atoms with E-state index in [2.05, 4.69) is 51.0 Å². The van der Waals surface area contributed by atoms with E-state index in [1.54, 1.807) is 17.7 Å². The van der Waals surface area contributed by atoms with Crippen molar-refractivity contribution in [2.75, 3.05) is 11.9 Å². The lowest BCUT2D eigenvalue weighted by atomic mass is 10.1. The number of hydrogen-bond donors (Lipinski definition) is 1. The molecule has 0 bridgehead atoms. The highest BCUT2D eigenvalue weighted by molar-refractivity contribution is 9.10. The third-order valence-corrected chi connectivity index (χ3v) is 7.46. The van der Waals surface area contributed by atoms with Crippen molar-refractivity contribution < 1.29 is 17.9 Å². The number of amidine groups is 1. The fourth-order valence-corrected chi connectivity index (χ4v) is 4.69. The molecule has 0 amide bonds. The topological polar surface area (TPSA) is 51.4 Å². The molecule has 5 nitrogen and oxygen atoms in total. The van der Waals surface area contributed by atoms with Crippen LogP contribution in [0.1, 0.15) is 11.3 Å². The lowest BCUT2D eigenvalue weighted by molar-refractivity contribution is 0.0796. The van der Waals surface area contributed by atoms with Gasteiger partial charge < -0.3 is 10.1 Å². The summed E-state index contributed by atoms with van der Waals surface area (Å²) in [5, 5.41) is 7.62.